The Labute approximate surface area is 128 Å². The van der Waals surface area contributed by atoms with Crippen LogP contribution in [0.4, 0.5) is 0 Å². The molecule has 1 aromatic rings. The monoisotopic (exact) mass is 290 g/mol. The van der Waals surface area contributed by atoms with Crippen LogP contribution in [-0.2, 0) is 13.6 Å². The molecule has 1 aliphatic heterocycles. The maximum absolute atomic E-state index is 4.56. The van der Waals surface area contributed by atoms with E-state index in [-0.39, 0.29) is 0 Å². The summed E-state index contributed by atoms with van der Waals surface area (Å²) in [5.74, 6) is 0.885. The third-order valence-electron chi connectivity index (χ3n) is 5.38. The van der Waals surface area contributed by atoms with Gasteiger partial charge in [0.25, 0.3) is 0 Å². The molecule has 4 heteroatoms. The van der Waals surface area contributed by atoms with Crippen LogP contribution in [0.25, 0.3) is 0 Å². The summed E-state index contributed by atoms with van der Waals surface area (Å²) < 4.78 is 1.91. The Morgan fingerprint density at radius 3 is 2.76 bits per heavy atom. The molecule has 0 bridgehead atoms. The van der Waals surface area contributed by atoms with Gasteiger partial charge in [0.15, 0.2) is 0 Å². The highest BCUT2D eigenvalue weighted by atomic mass is 15.3. The van der Waals surface area contributed by atoms with E-state index < -0.39 is 0 Å². The first-order chi connectivity index (χ1) is 10.2. The van der Waals surface area contributed by atoms with E-state index in [1.54, 1.807) is 0 Å². The summed E-state index contributed by atoms with van der Waals surface area (Å²) in [7, 11) is 2.00. The Morgan fingerprint density at radius 2 is 2.05 bits per heavy atom. The van der Waals surface area contributed by atoms with Crippen molar-refractivity contribution in [3.05, 3.63) is 18.0 Å². The molecule has 2 fully saturated rings. The first kappa shape index (κ1) is 15.0. The standard InChI is InChI=1S/C17H30N4/c1-14-8-10-18-17(15-6-4-3-5-7-15)13-21(14)12-16-9-11-20(2)19-16/h9,11,14-15,17-18H,3-8,10,12-13H2,1-2H3. The van der Waals surface area contributed by atoms with Gasteiger partial charge in [-0.1, -0.05) is 19.3 Å². The van der Waals surface area contributed by atoms with Crippen molar-refractivity contribution in [2.45, 2.75) is 64.1 Å². The van der Waals surface area contributed by atoms with Gasteiger partial charge in [-0.3, -0.25) is 9.58 Å². The van der Waals surface area contributed by atoms with Gasteiger partial charge >= 0.3 is 0 Å². The SMILES string of the molecule is CC1CCNC(C2CCCCC2)CN1Cc1ccn(C)n1. The normalized spacial score (nSPS) is 29.4. The van der Waals surface area contributed by atoms with E-state index in [0.29, 0.717) is 12.1 Å². The van der Waals surface area contributed by atoms with Crippen LogP contribution in [0.15, 0.2) is 12.3 Å². The van der Waals surface area contributed by atoms with E-state index in [2.05, 4.69) is 34.5 Å². The highest BCUT2D eigenvalue weighted by Crippen LogP contribution is 2.28. The lowest BCUT2D eigenvalue weighted by Crippen LogP contribution is -2.44. The first-order valence-electron chi connectivity index (χ1n) is 8.68. The Morgan fingerprint density at radius 1 is 1.24 bits per heavy atom. The quantitative estimate of drug-likeness (QED) is 0.929. The molecule has 2 heterocycles. The minimum Gasteiger partial charge on any atom is -0.312 e. The zero-order chi connectivity index (χ0) is 14.7. The fourth-order valence-electron chi connectivity index (χ4n) is 3.99. The van der Waals surface area contributed by atoms with Crippen molar-refractivity contribution >= 4 is 0 Å². The molecule has 2 unspecified atom stereocenters. The first-order valence-corrected chi connectivity index (χ1v) is 8.68. The van der Waals surface area contributed by atoms with Crippen molar-refractivity contribution in [2.75, 3.05) is 13.1 Å². The second-order valence-corrected chi connectivity index (χ2v) is 7.01. The van der Waals surface area contributed by atoms with Gasteiger partial charge in [-0.15, -0.1) is 0 Å². The van der Waals surface area contributed by atoms with Crippen LogP contribution in [0.5, 0.6) is 0 Å². The predicted octanol–water partition coefficient (Wildman–Crippen LogP) is 2.55. The minimum atomic E-state index is 0.646. The molecule has 1 aliphatic carbocycles. The van der Waals surface area contributed by atoms with E-state index in [9.17, 15) is 0 Å². The molecular formula is C17H30N4. The minimum absolute atomic E-state index is 0.646. The molecule has 0 aromatic carbocycles. The van der Waals surface area contributed by atoms with Gasteiger partial charge in [-0.25, -0.2) is 0 Å². The average molecular weight is 290 g/mol. The number of aryl methyl sites for hydroxylation is 1. The summed E-state index contributed by atoms with van der Waals surface area (Å²) in [4.78, 5) is 2.64. The number of aromatic nitrogens is 2. The summed E-state index contributed by atoms with van der Waals surface area (Å²) in [6.07, 6.45) is 10.4. The lowest BCUT2D eigenvalue weighted by atomic mass is 9.83. The highest BCUT2D eigenvalue weighted by molar-refractivity contribution is 5.00. The van der Waals surface area contributed by atoms with Gasteiger partial charge in [0.05, 0.1) is 5.69 Å². The van der Waals surface area contributed by atoms with Crippen LogP contribution >= 0.6 is 0 Å². The lowest BCUT2D eigenvalue weighted by molar-refractivity contribution is 0.163. The number of rotatable bonds is 3. The van der Waals surface area contributed by atoms with E-state index in [4.69, 9.17) is 0 Å². The molecule has 1 N–H and O–H groups in total. The predicted molar refractivity (Wildman–Crippen MR) is 86.1 cm³/mol. The fraction of sp³-hybridized carbons (Fsp3) is 0.824. The summed E-state index contributed by atoms with van der Waals surface area (Å²) in [5, 5.41) is 8.40. The van der Waals surface area contributed by atoms with E-state index in [0.717, 1.165) is 12.5 Å². The molecule has 0 amide bonds. The highest BCUT2D eigenvalue weighted by Gasteiger charge is 2.29. The average Bonchev–Trinajstić information content (AvgIpc) is 2.81. The van der Waals surface area contributed by atoms with Crippen LogP contribution in [-0.4, -0.2) is 39.9 Å². The number of hydrogen-bond acceptors (Lipinski definition) is 3. The van der Waals surface area contributed by atoms with Gasteiger partial charge in [0, 0.05) is 38.4 Å². The molecule has 0 radical (unpaired) electrons. The van der Waals surface area contributed by atoms with Gasteiger partial charge in [0.1, 0.15) is 0 Å². The van der Waals surface area contributed by atoms with E-state index in [1.165, 1.54) is 57.3 Å². The third kappa shape index (κ3) is 3.86. The maximum Gasteiger partial charge on any atom is 0.0764 e. The summed E-state index contributed by atoms with van der Waals surface area (Å²) in [6, 6.07) is 3.48. The molecule has 21 heavy (non-hydrogen) atoms. The van der Waals surface area contributed by atoms with E-state index in [1.807, 2.05) is 11.7 Å². The molecule has 3 rings (SSSR count). The molecule has 0 spiro atoms. The number of nitrogens with zero attached hydrogens (tertiary/aromatic N) is 3. The Kier molecular flexibility index (Phi) is 4.96. The summed E-state index contributed by atoms with van der Waals surface area (Å²) >= 11 is 0. The van der Waals surface area contributed by atoms with Gasteiger partial charge in [-0.2, -0.15) is 5.10 Å². The molecule has 1 saturated carbocycles. The van der Waals surface area contributed by atoms with Crippen molar-refractivity contribution < 1.29 is 0 Å². The third-order valence-corrected chi connectivity index (χ3v) is 5.38. The van der Waals surface area contributed by atoms with Crippen molar-refractivity contribution in [2.24, 2.45) is 13.0 Å². The molecule has 4 nitrogen and oxygen atoms in total. The second-order valence-electron chi connectivity index (χ2n) is 7.01. The molecule has 118 valence electrons. The molecule has 1 aromatic heterocycles. The molecule has 1 saturated heterocycles. The lowest BCUT2D eigenvalue weighted by Gasteiger charge is -2.34. The smallest absolute Gasteiger partial charge is 0.0764 e. The molecule has 2 aliphatic rings. The summed E-state index contributed by atoms with van der Waals surface area (Å²) in [5.41, 5.74) is 1.20. The topological polar surface area (TPSA) is 33.1 Å². The van der Waals surface area contributed by atoms with E-state index >= 15 is 0 Å². The van der Waals surface area contributed by atoms with Gasteiger partial charge in [0.2, 0.25) is 0 Å². The molecular weight excluding hydrogens is 260 g/mol. The van der Waals surface area contributed by atoms with Crippen molar-refractivity contribution in [1.29, 1.82) is 0 Å². The van der Waals surface area contributed by atoms with Crippen LogP contribution in [0, 0.1) is 5.92 Å². The maximum atomic E-state index is 4.56. The second kappa shape index (κ2) is 6.93. The van der Waals surface area contributed by atoms with Gasteiger partial charge in [-0.05, 0) is 44.7 Å². The largest absolute Gasteiger partial charge is 0.312 e. The van der Waals surface area contributed by atoms with Crippen molar-refractivity contribution in [3.8, 4) is 0 Å². The van der Waals surface area contributed by atoms with Crippen molar-refractivity contribution in [3.63, 3.8) is 0 Å². The van der Waals surface area contributed by atoms with Crippen molar-refractivity contribution in [1.82, 2.24) is 20.0 Å². The number of hydrogen-bond donors (Lipinski definition) is 1. The Bertz CT molecular complexity index is 436. The zero-order valence-electron chi connectivity index (χ0n) is 13.6. The van der Waals surface area contributed by atoms with Crippen LogP contribution < -0.4 is 5.32 Å². The summed E-state index contributed by atoms with van der Waals surface area (Å²) in [6.45, 7) is 5.71. The Hall–Kier alpha value is -0.870. The fourth-order valence-corrected chi connectivity index (χ4v) is 3.99. The number of nitrogens with one attached hydrogen (secondary N) is 1. The zero-order valence-corrected chi connectivity index (χ0v) is 13.6. The molecule has 2 atom stereocenters. The Balaban J connectivity index is 1.65. The van der Waals surface area contributed by atoms with Crippen LogP contribution in [0.2, 0.25) is 0 Å². The van der Waals surface area contributed by atoms with Crippen LogP contribution in [0.3, 0.4) is 0 Å². The van der Waals surface area contributed by atoms with Crippen LogP contribution in [0.1, 0.15) is 51.1 Å². The van der Waals surface area contributed by atoms with Gasteiger partial charge < -0.3 is 5.32 Å².